The van der Waals surface area contributed by atoms with Gasteiger partial charge < -0.3 is 9.84 Å². The second-order valence-corrected chi connectivity index (χ2v) is 4.92. The molecular weight excluding hydrogens is 230 g/mol. The lowest BCUT2D eigenvalue weighted by Crippen LogP contribution is -2.19. The molecule has 0 heterocycles. The summed E-state index contributed by atoms with van der Waals surface area (Å²) in [5.74, 6) is 0.152. The summed E-state index contributed by atoms with van der Waals surface area (Å²) in [5.41, 5.74) is 0.387. The van der Waals surface area contributed by atoms with Crippen molar-refractivity contribution in [2.45, 2.75) is 6.92 Å². The molecule has 0 saturated carbocycles. The maximum Gasteiger partial charge on any atom is 0.235 e. The highest BCUT2D eigenvalue weighted by molar-refractivity contribution is 7.92. The van der Waals surface area contributed by atoms with Crippen LogP contribution in [0.15, 0.2) is 24.3 Å². The van der Waals surface area contributed by atoms with Crippen LogP contribution in [0.2, 0.25) is 0 Å². The normalized spacial score (nSPS) is 11.1. The van der Waals surface area contributed by atoms with E-state index in [1.165, 1.54) is 0 Å². The molecule has 1 rings (SSSR count). The molecule has 1 aromatic rings. The van der Waals surface area contributed by atoms with Crippen LogP contribution in [-0.4, -0.2) is 32.5 Å². The average molecular weight is 245 g/mol. The molecule has 0 unspecified atom stereocenters. The summed E-state index contributed by atoms with van der Waals surface area (Å²) in [5, 5.41) is 8.60. The Morgan fingerprint density at radius 1 is 1.38 bits per heavy atom. The van der Waals surface area contributed by atoms with Gasteiger partial charge in [0.15, 0.2) is 0 Å². The molecular formula is C10H15NO4S. The molecule has 6 heteroatoms. The summed E-state index contributed by atoms with van der Waals surface area (Å²) in [7, 11) is -3.51. The molecule has 90 valence electrons. The number of benzene rings is 1. The highest BCUT2D eigenvalue weighted by atomic mass is 32.2. The molecule has 16 heavy (non-hydrogen) atoms. The van der Waals surface area contributed by atoms with Gasteiger partial charge >= 0.3 is 0 Å². The van der Waals surface area contributed by atoms with E-state index in [2.05, 4.69) is 4.72 Å². The third kappa shape index (κ3) is 3.71. The Labute approximate surface area is 95.1 Å². The van der Waals surface area contributed by atoms with Crippen LogP contribution in [0.3, 0.4) is 0 Å². The van der Waals surface area contributed by atoms with Gasteiger partial charge in [0, 0.05) is 0 Å². The third-order valence-electron chi connectivity index (χ3n) is 1.81. The van der Waals surface area contributed by atoms with Crippen molar-refractivity contribution >= 4 is 15.7 Å². The van der Waals surface area contributed by atoms with Gasteiger partial charge in [-0.25, -0.2) is 8.42 Å². The Bertz CT molecular complexity index is 430. The SMILES string of the molecule is CCOc1ccccc1NS(=O)(=O)CCO. The minimum Gasteiger partial charge on any atom is -0.492 e. The lowest BCUT2D eigenvalue weighted by Gasteiger charge is -2.11. The third-order valence-corrected chi connectivity index (χ3v) is 3.06. The summed E-state index contributed by atoms with van der Waals surface area (Å²) in [6, 6.07) is 6.76. The van der Waals surface area contributed by atoms with E-state index in [1.807, 2.05) is 6.92 Å². The highest BCUT2D eigenvalue weighted by Crippen LogP contribution is 2.24. The second kappa shape index (κ2) is 5.72. The first-order valence-electron chi connectivity index (χ1n) is 4.92. The quantitative estimate of drug-likeness (QED) is 0.778. The first kappa shape index (κ1) is 12.8. The molecule has 5 nitrogen and oxygen atoms in total. The van der Waals surface area contributed by atoms with Crippen LogP contribution in [0.4, 0.5) is 5.69 Å². The van der Waals surface area contributed by atoms with Crippen LogP contribution in [0, 0.1) is 0 Å². The lowest BCUT2D eigenvalue weighted by atomic mass is 10.3. The molecule has 0 bridgehead atoms. The number of para-hydroxylation sites is 2. The molecule has 0 fully saturated rings. The monoisotopic (exact) mass is 245 g/mol. The minimum absolute atomic E-state index is 0.326. The number of ether oxygens (including phenoxy) is 1. The maximum atomic E-state index is 11.4. The first-order chi connectivity index (χ1) is 7.59. The smallest absolute Gasteiger partial charge is 0.235 e. The molecule has 0 spiro atoms. The van der Waals surface area contributed by atoms with Gasteiger partial charge in [-0.3, -0.25) is 4.72 Å². The Balaban J connectivity index is 2.88. The van der Waals surface area contributed by atoms with Crippen molar-refractivity contribution in [3.63, 3.8) is 0 Å². The molecule has 0 radical (unpaired) electrons. The first-order valence-corrected chi connectivity index (χ1v) is 6.57. The molecule has 2 N–H and O–H groups in total. The van der Waals surface area contributed by atoms with Crippen LogP contribution in [0.25, 0.3) is 0 Å². The number of nitrogens with one attached hydrogen (secondary N) is 1. The molecule has 0 aromatic heterocycles. The number of sulfonamides is 1. The van der Waals surface area contributed by atoms with E-state index in [9.17, 15) is 8.42 Å². The van der Waals surface area contributed by atoms with Crippen LogP contribution in [0.1, 0.15) is 6.92 Å². The van der Waals surface area contributed by atoms with E-state index >= 15 is 0 Å². The molecule has 0 aliphatic heterocycles. The predicted octanol–water partition coefficient (Wildman–Crippen LogP) is 0.819. The minimum atomic E-state index is -3.51. The Morgan fingerprint density at radius 2 is 2.06 bits per heavy atom. The van der Waals surface area contributed by atoms with Crippen LogP contribution in [-0.2, 0) is 10.0 Å². The topological polar surface area (TPSA) is 75.6 Å². The average Bonchev–Trinajstić information content (AvgIpc) is 2.20. The second-order valence-electron chi connectivity index (χ2n) is 3.07. The van der Waals surface area contributed by atoms with Crippen molar-refractivity contribution in [1.29, 1.82) is 0 Å². The Kier molecular flexibility index (Phi) is 4.57. The predicted molar refractivity (Wildman–Crippen MR) is 62.1 cm³/mol. The standard InChI is InChI=1S/C10H15NO4S/c1-2-15-10-6-4-3-5-9(10)11-16(13,14)8-7-12/h3-6,11-12H,2,7-8H2,1H3. The van der Waals surface area contributed by atoms with Crippen molar-refractivity contribution in [3.05, 3.63) is 24.3 Å². The van der Waals surface area contributed by atoms with Gasteiger partial charge in [0.25, 0.3) is 0 Å². The van der Waals surface area contributed by atoms with Gasteiger partial charge in [0.05, 0.1) is 24.7 Å². The fourth-order valence-corrected chi connectivity index (χ4v) is 2.02. The number of hydrogen-bond acceptors (Lipinski definition) is 4. The summed E-state index contributed by atoms with van der Waals surface area (Å²) in [4.78, 5) is 0. The molecule has 1 aromatic carbocycles. The number of aliphatic hydroxyl groups is 1. The van der Waals surface area contributed by atoms with Crippen molar-refractivity contribution in [1.82, 2.24) is 0 Å². The van der Waals surface area contributed by atoms with Crippen LogP contribution >= 0.6 is 0 Å². The van der Waals surface area contributed by atoms with Gasteiger partial charge in [0.1, 0.15) is 5.75 Å². The summed E-state index contributed by atoms with van der Waals surface area (Å²) in [6.07, 6.45) is 0. The van der Waals surface area contributed by atoms with Gasteiger partial charge in [-0.15, -0.1) is 0 Å². The van der Waals surface area contributed by atoms with Crippen LogP contribution < -0.4 is 9.46 Å². The molecule has 0 atom stereocenters. The van der Waals surface area contributed by atoms with E-state index in [1.54, 1.807) is 24.3 Å². The van der Waals surface area contributed by atoms with Crippen molar-refractivity contribution in [3.8, 4) is 5.75 Å². The number of anilines is 1. The zero-order chi connectivity index (χ0) is 12.0. The molecule has 0 aliphatic rings. The largest absolute Gasteiger partial charge is 0.492 e. The Morgan fingerprint density at radius 3 is 2.69 bits per heavy atom. The Hall–Kier alpha value is -1.27. The molecule has 0 aliphatic carbocycles. The highest BCUT2D eigenvalue weighted by Gasteiger charge is 2.12. The summed E-state index contributed by atoms with van der Waals surface area (Å²) >= 11 is 0. The van der Waals surface area contributed by atoms with E-state index < -0.39 is 16.6 Å². The zero-order valence-electron chi connectivity index (χ0n) is 9.01. The van der Waals surface area contributed by atoms with E-state index in [0.717, 1.165) is 0 Å². The van der Waals surface area contributed by atoms with Crippen molar-refractivity contribution in [2.75, 3.05) is 23.7 Å². The van der Waals surface area contributed by atoms with Gasteiger partial charge in [-0.05, 0) is 19.1 Å². The number of rotatable bonds is 6. The van der Waals surface area contributed by atoms with Gasteiger partial charge in [0.2, 0.25) is 10.0 Å². The summed E-state index contributed by atoms with van der Waals surface area (Å²) < 4.78 is 30.5. The number of hydrogen-bond donors (Lipinski definition) is 2. The van der Waals surface area contributed by atoms with E-state index in [0.29, 0.717) is 18.0 Å². The number of aliphatic hydroxyl groups excluding tert-OH is 1. The van der Waals surface area contributed by atoms with Gasteiger partial charge in [-0.1, -0.05) is 12.1 Å². The zero-order valence-corrected chi connectivity index (χ0v) is 9.83. The van der Waals surface area contributed by atoms with Crippen molar-refractivity contribution in [2.24, 2.45) is 0 Å². The lowest BCUT2D eigenvalue weighted by molar-refractivity contribution is 0.319. The molecule has 0 amide bonds. The fraction of sp³-hybridized carbons (Fsp3) is 0.400. The van der Waals surface area contributed by atoms with Gasteiger partial charge in [-0.2, -0.15) is 0 Å². The fourth-order valence-electron chi connectivity index (χ4n) is 1.17. The van der Waals surface area contributed by atoms with E-state index in [4.69, 9.17) is 9.84 Å². The molecule has 0 saturated heterocycles. The maximum absolute atomic E-state index is 11.4. The van der Waals surface area contributed by atoms with E-state index in [-0.39, 0.29) is 5.75 Å². The summed E-state index contributed by atoms with van der Waals surface area (Å²) in [6.45, 7) is 1.86. The van der Waals surface area contributed by atoms with Crippen molar-refractivity contribution < 1.29 is 18.3 Å². The van der Waals surface area contributed by atoms with Crippen LogP contribution in [0.5, 0.6) is 5.75 Å².